The van der Waals surface area contributed by atoms with Crippen molar-refractivity contribution < 1.29 is 28.0 Å². The molecule has 0 radical (unpaired) electrons. The van der Waals surface area contributed by atoms with E-state index < -0.39 is 12.1 Å². The van der Waals surface area contributed by atoms with Gasteiger partial charge in [0.15, 0.2) is 0 Å². The van der Waals surface area contributed by atoms with Gasteiger partial charge >= 0.3 is 6.18 Å². The van der Waals surface area contributed by atoms with E-state index in [0.29, 0.717) is 0 Å². The number of hydrogen-bond donors (Lipinski definition) is 1. The molecule has 0 aliphatic rings. The van der Waals surface area contributed by atoms with Gasteiger partial charge in [0.2, 0.25) is 0 Å². The molecule has 15 heavy (non-hydrogen) atoms. The SMILES string of the molecule is C=CC[NH+](C)CC=C.O=C([O-])C(F)(F)F. The van der Waals surface area contributed by atoms with E-state index in [-0.39, 0.29) is 0 Å². The Morgan fingerprint density at radius 3 is 1.73 bits per heavy atom. The highest BCUT2D eigenvalue weighted by molar-refractivity contribution is 5.70. The van der Waals surface area contributed by atoms with Gasteiger partial charge in [-0.3, -0.25) is 0 Å². The number of likely N-dealkylation sites (N-methyl/N-ethyl adjacent to an activating group) is 1. The minimum atomic E-state index is -5.19. The number of nitrogens with one attached hydrogen (secondary N) is 1. The largest absolute Gasteiger partial charge is 0.542 e. The fraction of sp³-hybridized carbons (Fsp3) is 0.444. The first kappa shape index (κ1) is 16.1. The lowest BCUT2D eigenvalue weighted by molar-refractivity contribution is -0.866. The van der Waals surface area contributed by atoms with Crippen LogP contribution in [0.1, 0.15) is 0 Å². The fourth-order valence-electron chi connectivity index (χ4n) is 0.576. The summed E-state index contributed by atoms with van der Waals surface area (Å²) in [6, 6.07) is 0. The van der Waals surface area contributed by atoms with Crippen LogP contribution in [0.3, 0.4) is 0 Å². The van der Waals surface area contributed by atoms with Gasteiger partial charge in [-0.15, -0.1) is 0 Å². The molecule has 0 aromatic heterocycles. The Hall–Kier alpha value is -1.30. The standard InChI is InChI=1S/C7H13N.C2HF3O2/c1-4-6-8(3)7-5-2;3-2(4,5)1(6)7/h4-5H,1-2,6-7H2,3H3;(H,6,7). The van der Waals surface area contributed by atoms with Crippen molar-refractivity contribution in [1.29, 1.82) is 0 Å². The molecule has 0 aliphatic heterocycles. The Balaban J connectivity index is 0. The number of carboxylic acid groups (broad SMARTS) is 1. The number of halogens is 3. The normalized spacial score (nSPS) is 10.2. The Labute approximate surface area is 86.5 Å². The van der Waals surface area contributed by atoms with Gasteiger partial charge < -0.3 is 14.8 Å². The summed E-state index contributed by atoms with van der Waals surface area (Å²) in [4.78, 5) is 10.2. The molecule has 0 rings (SSSR count). The van der Waals surface area contributed by atoms with Crippen LogP contribution in [-0.2, 0) is 4.79 Å². The van der Waals surface area contributed by atoms with Crippen molar-refractivity contribution in [2.45, 2.75) is 6.18 Å². The van der Waals surface area contributed by atoms with E-state index in [0.717, 1.165) is 13.1 Å². The van der Waals surface area contributed by atoms with Crippen molar-refractivity contribution in [3.63, 3.8) is 0 Å². The molecule has 0 amide bonds. The van der Waals surface area contributed by atoms with Crippen LogP contribution in [0.4, 0.5) is 13.2 Å². The molecule has 3 nitrogen and oxygen atoms in total. The lowest BCUT2D eigenvalue weighted by Crippen LogP contribution is -3.08. The smallest absolute Gasteiger partial charge is 0.430 e. The summed E-state index contributed by atoms with van der Waals surface area (Å²) in [5, 5.41) is 8.78. The third-order valence-electron chi connectivity index (χ3n) is 1.22. The van der Waals surface area contributed by atoms with Crippen LogP contribution in [0.25, 0.3) is 0 Å². The predicted octanol–water partition coefficient (Wildman–Crippen LogP) is -0.828. The number of rotatable bonds is 4. The molecule has 88 valence electrons. The van der Waals surface area contributed by atoms with Crippen LogP contribution in [0.5, 0.6) is 0 Å². The maximum atomic E-state index is 10.5. The molecule has 1 N–H and O–H groups in total. The first-order valence-electron chi connectivity index (χ1n) is 4.07. The van der Waals surface area contributed by atoms with Crippen molar-refractivity contribution in [3.05, 3.63) is 25.3 Å². The van der Waals surface area contributed by atoms with E-state index in [4.69, 9.17) is 9.90 Å². The number of carboxylic acids is 1. The van der Waals surface area contributed by atoms with Crippen molar-refractivity contribution in [2.24, 2.45) is 0 Å². The first-order chi connectivity index (χ1) is 6.75. The molecule has 0 saturated carbocycles. The molecule has 0 fully saturated rings. The van der Waals surface area contributed by atoms with Crippen LogP contribution in [0.15, 0.2) is 25.3 Å². The number of carbonyl (C=O) groups is 1. The number of alkyl halides is 3. The Bertz CT molecular complexity index is 204. The predicted molar refractivity (Wildman–Crippen MR) is 48.1 cm³/mol. The van der Waals surface area contributed by atoms with Crippen molar-refractivity contribution in [2.75, 3.05) is 20.1 Å². The van der Waals surface area contributed by atoms with Gasteiger partial charge in [-0.05, 0) is 12.2 Å². The second-order valence-corrected chi connectivity index (χ2v) is 2.73. The topological polar surface area (TPSA) is 44.6 Å². The number of aliphatic carboxylic acids is 1. The lowest BCUT2D eigenvalue weighted by atomic mass is 10.5. The maximum absolute atomic E-state index is 10.5. The van der Waals surface area contributed by atoms with Crippen molar-refractivity contribution >= 4 is 5.97 Å². The summed E-state index contributed by atoms with van der Waals surface area (Å²) in [7, 11) is 2.11. The highest BCUT2D eigenvalue weighted by atomic mass is 19.4. The third kappa shape index (κ3) is 12.7. The summed E-state index contributed by atoms with van der Waals surface area (Å²) >= 11 is 0. The van der Waals surface area contributed by atoms with Crippen LogP contribution >= 0.6 is 0 Å². The summed E-state index contributed by atoms with van der Waals surface area (Å²) in [5.41, 5.74) is 0. The molecule has 0 spiro atoms. The summed E-state index contributed by atoms with van der Waals surface area (Å²) in [6.07, 6.45) is -1.36. The zero-order chi connectivity index (χ0) is 12.5. The van der Waals surface area contributed by atoms with Gasteiger partial charge in [-0.1, -0.05) is 13.2 Å². The summed E-state index contributed by atoms with van der Waals surface area (Å²) in [6.45, 7) is 9.30. The lowest BCUT2D eigenvalue weighted by Gasteiger charge is -2.06. The Kier molecular flexibility index (Phi) is 8.66. The molecule has 0 atom stereocenters. The zero-order valence-corrected chi connectivity index (χ0v) is 8.43. The van der Waals surface area contributed by atoms with Crippen molar-refractivity contribution in [3.8, 4) is 0 Å². The number of hydrogen-bond acceptors (Lipinski definition) is 2. The second-order valence-electron chi connectivity index (χ2n) is 2.73. The molecule has 0 aromatic carbocycles. The monoisotopic (exact) mass is 225 g/mol. The molecule has 6 heteroatoms. The molecule has 0 unspecified atom stereocenters. The van der Waals surface area contributed by atoms with Crippen LogP contribution in [0.2, 0.25) is 0 Å². The van der Waals surface area contributed by atoms with Gasteiger partial charge in [-0.25, -0.2) is 0 Å². The highest BCUT2D eigenvalue weighted by Gasteiger charge is 2.28. The molecule has 0 heterocycles. The number of carbonyl (C=O) groups excluding carboxylic acids is 1. The van der Waals surface area contributed by atoms with Gasteiger partial charge in [0.05, 0.1) is 20.1 Å². The van der Waals surface area contributed by atoms with Gasteiger partial charge in [0, 0.05) is 0 Å². The highest BCUT2D eigenvalue weighted by Crippen LogP contribution is 2.11. The maximum Gasteiger partial charge on any atom is 0.430 e. The molecule has 0 aromatic rings. The van der Waals surface area contributed by atoms with Crippen molar-refractivity contribution in [1.82, 2.24) is 0 Å². The first-order valence-corrected chi connectivity index (χ1v) is 4.07. The molecular formula is C9H14F3NO2. The van der Waals surface area contributed by atoms with Gasteiger partial charge in [0.1, 0.15) is 5.97 Å². The Morgan fingerprint density at radius 2 is 1.60 bits per heavy atom. The van der Waals surface area contributed by atoms with E-state index >= 15 is 0 Å². The van der Waals surface area contributed by atoms with E-state index in [2.05, 4.69) is 20.2 Å². The number of quaternary nitrogens is 1. The van der Waals surface area contributed by atoms with E-state index in [1.165, 1.54) is 4.90 Å². The van der Waals surface area contributed by atoms with Gasteiger partial charge in [-0.2, -0.15) is 13.2 Å². The zero-order valence-electron chi connectivity index (χ0n) is 8.43. The van der Waals surface area contributed by atoms with Gasteiger partial charge in [0.25, 0.3) is 0 Å². The van der Waals surface area contributed by atoms with E-state index in [1.54, 1.807) is 0 Å². The Morgan fingerprint density at radius 1 is 1.33 bits per heavy atom. The molecule has 0 bridgehead atoms. The van der Waals surface area contributed by atoms with E-state index in [9.17, 15) is 13.2 Å². The minimum absolute atomic E-state index is 1.02. The molecular weight excluding hydrogens is 211 g/mol. The fourth-order valence-corrected chi connectivity index (χ4v) is 0.576. The molecule has 0 aliphatic carbocycles. The minimum Gasteiger partial charge on any atom is -0.542 e. The quantitative estimate of drug-likeness (QED) is 0.635. The van der Waals surface area contributed by atoms with E-state index in [1.807, 2.05) is 12.2 Å². The van der Waals surface area contributed by atoms with Crippen LogP contribution in [0, 0.1) is 0 Å². The third-order valence-corrected chi connectivity index (χ3v) is 1.22. The average molecular weight is 225 g/mol. The second kappa shape index (κ2) is 8.05. The van der Waals surface area contributed by atoms with Crippen LogP contribution < -0.4 is 10.0 Å². The summed E-state index contributed by atoms with van der Waals surface area (Å²) in [5.74, 6) is -3.01. The van der Waals surface area contributed by atoms with Crippen LogP contribution in [-0.4, -0.2) is 32.3 Å². The molecule has 0 saturated heterocycles. The average Bonchev–Trinajstić information content (AvgIpc) is 2.04. The summed E-state index contributed by atoms with van der Waals surface area (Å²) < 4.78 is 31.5.